The zero-order chi connectivity index (χ0) is 15.5. The smallest absolute Gasteiger partial charge is 0.335 e. The van der Waals surface area contributed by atoms with Gasteiger partial charge in [0.05, 0.1) is 25.0 Å². The van der Waals surface area contributed by atoms with Crippen LogP contribution in [0.25, 0.3) is 0 Å². The van der Waals surface area contributed by atoms with Gasteiger partial charge in [0.25, 0.3) is 0 Å². The first-order valence-electron chi connectivity index (χ1n) is 7.30. The van der Waals surface area contributed by atoms with Crippen LogP contribution in [0.4, 0.5) is 0 Å². The molecule has 0 atom stereocenters. The van der Waals surface area contributed by atoms with Crippen LogP contribution in [0.5, 0.6) is 5.75 Å². The van der Waals surface area contributed by atoms with Crippen LogP contribution in [0.1, 0.15) is 49.9 Å². The third-order valence-corrected chi connectivity index (χ3v) is 2.85. The monoisotopic (exact) mass is 292 g/mol. The van der Waals surface area contributed by atoms with Crippen molar-refractivity contribution in [1.82, 2.24) is 0 Å². The Morgan fingerprint density at radius 2 is 1.67 bits per heavy atom. The zero-order valence-corrected chi connectivity index (χ0v) is 12.8. The molecule has 1 aromatic carbocycles. The molecule has 0 fully saturated rings. The van der Waals surface area contributed by atoms with Gasteiger partial charge in [-0.1, -0.05) is 0 Å². The molecule has 116 valence electrons. The van der Waals surface area contributed by atoms with Crippen LogP contribution in [0.3, 0.4) is 0 Å². The summed E-state index contributed by atoms with van der Waals surface area (Å²) in [5, 5.41) is 8.79. The van der Waals surface area contributed by atoms with Gasteiger partial charge < -0.3 is 14.6 Å². The van der Waals surface area contributed by atoms with Crippen molar-refractivity contribution in [2.24, 2.45) is 0 Å². The maximum absolute atomic E-state index is 10.7. The number of carboxylic acid groups (broad SMARTS) is 1. The molecule has 0 radical (unpaired) electrons. The van der Waals surface area contributed by atoms with E-state index in [9.17, 15) is 4.79 Å². The Labute approximate surface area is 126 Å². The van der Waals surface area contributed by atoms with Crippen LogP contribution in [0.2, 0.25) is 0 Å². The van der Waals surface area contributed by atoms with Crippen molar-refractivity contribution in [2.45, 2.75) is 39.5 Å². The van der Waals surface area contributed by atoms with Crippen LogP contribution >= 0.6 is 0 Å². The summed E-state index contributed by atoms with van der Waals surface area (Å²) in [6, 6.07) is 6.49. The Kier molecular flexibility index (Phi) is 8.02. The molecule has 0 amide bonds. The summed E-state index contributed by atoms with van der Waals surface area (Å²) in [5.41, 5.74) is 1.45. The summed E-state index contributed by atoms with van der Waals surface area (Å²) in [6.07, 6.45) is 6.06. The van der Waals surface area contributed by atoms with E-state index >= 15 is 0 Å². The summed E-state index contributed by atoms with van der Waals surface area (Å²) < 4.78 is 10.9. The third-order valence-electron chi connectivity index (χ3n) is 2.85. The van der Waals surface area contributed by atoms with Crippen molar-refractivity contribution in [3.63, 3.8) is 0 Å². The number of rotatable bonds is 10. The fourth-order valence-corrected chi connectivity index (χ4v) is 1.75. The van der Waals surface area contributed by atoms with Gasteiger partial charge in [0, 0.05) is 0 Å². The molecule has 1 N–H and O–H groups in total. The number of hydrogen-bond donors (Lipinski definition) is 1. The fraction of sp³-hybridized carbons (Fsp3) is 0.471. The highest BCUT2D eigenvalue weighted by molar-refractivity contribution is 5.87. The van der Waals surface area contributed by atoms with Crippen molar-refractivity contribution >= 4 is 5.97 Å². The van der Waals surface area contributed by atoms with E-state index in [0.717, 1.165) is 32.3 Å². The van der Waals surface area contributed by atoms with E-state index in [4.69, 9.17) is 14.6 Å². The van der Waals surface area contributed by atoms with Gasteiger partial charge in [-0.3, -0.25) is 0 Å². The molecular weight excluding hydrogens is 268 g/mol. The Bertz CT molecular complexity index is 444. The highest BCUT2D eigenvalue weighted by Crippen LogP contribution is 2.13. The van der Waals surface area contributed by atoms with E-state index in [-0.39, 0.29) is 5.56 Å². The van der Waals surface area contributed by atoms with Crippen molar-refractivity contribution in [1.29, 1.82) is 0 Å². The number of carbonyl (C=O) groups is 1. The molecule has 4 heteroatoms. The number of hydrogen-bond acceptors (Lipinski definition) is 3. The van der Waals surface area contributed by atoms with E-state index < -0.39 is 5.97 Å². The molecule has 0 aliphatic carbocycles. The molecule has 0 heterocycles. The maximum Gasteiger partial charge on any atom is 0.335 e. The molecule has 0 aliphatic rings. The SMILES string of the molecule is CC(C)=COCCCCCCOc1ccc(C(=O)O)cc1. The molecule has 0 spiro atoms. The average molecular weight is 292 g/mol. The molecule has 21 heavy (non-hydrogen) atoms. The summed E-state index contributed by atoms with van der Waals surface area (Å²) >= 11 is 0. The van der Waals surface area contributed by atoms with E-state index in [2.05, 4.69) is 0 Å². The molecule has 0 saturated carbocycles. The van der Waals surface area contributed by atoms with Crippen LogP contribution in [-0.2, 0) is 4.74 Å². The minimum atomic E-state index is -0.920. The molecule has 0 aromatic heterocycles. The number of benzene rings is 1. The van der Waals surface area contributed by atoms with Crippen molar-refractivity contribution < 1.29 is 19.4 Å². The molecule has 1 aromatic rings. The molecule has 0 unspecified atom stereocenters. The van der Waals surface area contributed by atoms with Crippen molar-refractivity contribution in [3.05, 3.63) is 41.7 Å². The Morgan fingerprint density at radius 1 is 1.05 bits per heavy atom. The van der Waals surface area contributed by atoms with Crippen LogP contribution in [-0.4, -0.2) is 24.3 Å². The second-order valence-corrected chi connectivity index (χ2v) is 5.16. The van der Waals surface area contributed by atoms with Gasteiger partial charge in [-0.05, 0) is 69.4 Å². The maximum atomic E-state index is 10.7. The second kappa shape index (κ2) is 9.86. The number of unbranched alkanes of at least 4 members (excludes halogenated alkanes) is 3. The second-order valence-electron chi connectivity index (χ2n) is 5.16. The first-order chi connectivity index (χ1) is 10.1. The lowest BCUT2D eigenvalue weighted by Crippen LogP contribution is -1.99. The van der Waals surface area contributed by atoms with Gasteiger partial charge in [-0.15, -0.1) is 0 Å². The molecule has 4 nitrogen and oxygen atoms in total. The summed E-state index contributed by atoms with van der Waals surface area (Å²) in [7, 11) is 0. The molecule has 0 aliphatic heterocycles. The van der Waals surface area contributed by atoms with Gasteiger partial charge in [0.1, 0.15) is 5.75 Å². The van der Waals surface area contributed by atoms with Gasteiger partial charge in [0.15, 0.2) is 0 Å². The largest absolute Gasteiger partial charge is 0.501 e. The minimum Gasteiger partial charge on any atom is -0.501 e. The lowest BCUT2D eigenvalue weighted by atomic mass is 10.2. The van der Waals surface area contributed by atoms with Gasteiger partial charge in [0.2, 0.25) is 0 Å². The summed E-state index contributed by atoms with van der Waals surface area (Å²) in [5.74, 6) is -0.205. The molecule has 0 bridgehead atoms. The molecular formula is C17H24O4. The number of aromatic carboxylic acids is 1. The highest BCUT2D eigenvalue weighted by atomic mass is 16.5. The first-order valence-corrected chi connectivity index (χ1v) is 7.30. The van der Waals surface area contributed by atoms with Crippen LogP contribution < -0.4 is 4.74 Å². The number of ether oxygens (including phenoxy) is 2. The fourth-order valence-electron chi connectivity index (χ4n) is 1.75. The van der Waals surface area contributed by atoms with E-state index in [0.29, 0.717) is 12.4 Å². The van der Waals surface area contributed by atoms with Crippen LogP contribution in [0.15, 0.2) is 36.1 Å². The van der Waals surface area contributed by atoms with E-state index in [1.165, 1.54) is 5.57 Å². The van der Waals surface area contributed by atoms with Gasteiger partial charge in [-0.25, -0.2) is 4.79 Å². The topological polar surface area (TPSA) is 55.8 Å². The lowest BCUT2D eigenvalue weighted by Gasteiger charge is -2.06. The van der Waals surface area contributed by atoms with Gasteiger partial charge in [-0.2, -0.15) is 0 Å². The zero-order valence-electron chi connectivity index (χ0n) is 12.8. The number of carboxylic acids is 1. The van der Waals surface area contributed by atoms with Crippen molar-refractivity contribution in [2.75, 3.05) is 13.2 Å². The average Bonchev–Trinajstić information content (AvgIpc) is 2.45. The first kappa shape index (κ1) is 17.1. The predicted molar refractivity (Wildman–Crippen MR) is 82.7 cm³/mol. The molecule has 1 rings (SSSR count). The van der Waals surface area contributed by atoms with Crippen LogP contribution in [0, 0.1) is 0 Å². The number of allylic oxidation sites excluding steroid dienone is 1. The Hall–Kier alpha value is -1.97. The standard InChI is InChI=1S/C17H24O4/c1-14(2)13-20-11-5-3-4-6-12-21-16-9-7-15(8-10-16)17(18)19/h7-10,13H,3-6,11-12H2,1-2H3,(H,18,19). The summed E-state index contributed by atoms with van der Waals surface area (Å²) in [4.78, 5) is 10.7. The van der Waals surface area contributed by atoms with Crippen molar-refractivity contribution in [3.8, 4) is 5.75 Å². The summed E-state index contributed by atoms with van der Waals surface area (Å²) in [6.45, 7) is 5.45. The lowest BCUT2D eigenvalue weighted by molar-refractivity contribution is 0.0697. The quantitative estimate of drug-likeness (QED) is 0.517. The van der Waals surface area contributed by atoms with Gasteiger partial charge >= 0.3 is 5.97 Å². The van der Waals surface area contributed by atoms with E-state index in [1.807, 2.05) is 13.8 Å². The molecule has 0 saturated heterocycles. The normalized spacial score (nSPS) is 10.0. The Morgan fingerprint density at radius 3 is 2.24 bits per heavy atom. The predicted octanol–water partition coefficient (Wildman–Crippen LogP) is 4.26. The highest BCUT2D eigenvalue weighted by Gasteiger charge is 2.01. The third kappa shape index (κ3) is 8.02. The van der Waals surface area contributed by atoms with E-state index in [1.54, 1.807) is 30.5 Å². The Balaban J connectivity index is 2.04. The minimum absolute atomic E-state index is 0.277.